The number of thiophene rings is 1. The molecule has 3 heterocycles. The van der Waals surface area contributed by atoms with Crippen LogP contribution in [0.1, 0.15) is 28.9 Å². The Balaban J connectivity index is 1.28. The first-order chi connectivity index (χ1) is 13.8. The second kappa shape index (κ2) is 9.45. The number of benzene rings is 1. The molecule has 28 heavy (non-hydrogen) atoms. The second-order valence-electron chi connectivity index (χ2n) is 7.09. The lowest BCUT2D eigenvalue weighted by atomic mass is 10.1. The summed E-state index contributed by atoms with van der Waals surface area (Å²) in [5.41, 5.74) is 1.99. The highest BCUT2D eigenvalue weighted by Crippen LogP contribution is 2.28. The molecule has 1 saturated heterocycles. The van der Waals surface area contributed by atoms with E-state index in [-0.39, 0.29) is 5.91 Å². The maximum absolute atomic E-state index is 12.9. The van der Waals surface area contributed by atoms with Crippen molar-refractivity contribution in [3.63, 3.8) is 0 Å². The Morgan fingerprint density at radius 2 is 1.89 bits per heavy atom. The van der Waals surface area contributed by atoms with Crippen LogP contribution in [0, 0.1) is 0 Å². The van der Waals surface area contributed by atoms with Gasteiger partial charge in [0, 0.05) is 25.0 Å². The van der Waals surface area contributed by atoms with Gasteiger partial charge in [0.15, 0.2) is 0 Å². The third-order valence-electron chi connectivity index (χ3n) is 5.11. The van der Waals surface area contributed by atoms with Crippen molar-refractivity contribution in [3.05, 3.63) is 64.5 Å². The summed E-state index contributed by atoms with van der Waals surface area (Å²) in [4.78, 5) is 23.1. The van der Waals surface area contributed by atoms with Crippen molar-refractivity contribution in [2.75, 3.05) is 32.7 Å². The van der Waals surface area contributed by atoms with Gasteiger partial charge in [-0.25, -0.2) is 4.98 Å². The zero-order chi connectivity index (χ0) is 19.2. The molecule has 1 fully saturated rings. The van der Waals surface area contributed by atoms with E-state index in [2.05, 4.69) is 46.3 Å². The van der Waals surface area contributed by atoms with Gasteiger partial charge in [-0.3, -0.25) is 4.79 Å². The number of aryl methyl sites for hydroxylation is 1. The summed E-state index contributed by atoms with van der Waals surface area (Å²) < 4.78 is 0. The summed E-state index contributed by atoms with van der Waals surface area (Å²) in [5.74, 6) is 0.0743. The molecule has 0 N–H and O–H groups in total. The Hall–Kier alpha value is -2.02. The minimum Gasteiger partial charge on any atom is -0.336 e. The molecule has 0 atom stereocenters. The molecule has 0 bridgehead atoms. The van der Waals surface area contributed by atoms with Gasteiger partial charge in [0.05, 0.1) is 4.88 Å². The molecular formula is C22H25N3OS2. The van der Waals surface area contributed by atoms with E-state index in [1.54, 1.807) is 22.7 Å². The van der Waals surface area contributed by atoms with Crippen molar-refractivity contribution < 1.29 is 4.79 Å². The van der Waals surface area contributed by atoms with Gasteiger partial charge in [-0.15, -0.1) is 22.7 Å². The van der Waals surface area contributed by atoms with E-state index in [4.69, 9.17) is 0 Å². The van der Waals surface area contributed by atoms with E-state index in [0.717, 1.165) is 61.9 Å². The maximum atomic E-state index is 12.9. The van der Waals surface area contributed by atoms with Crippen LogP contribution >= 0.6 is 22.7 Å². The first-order valence-corrected chi connectivity index (χ1v) is 11.6. The monoisotopic (exact) mass is 411 g/mol. The molecule has 0 aliphatic carbocycles. The van der Waals surface area contributed by atoms with Crippen LogP contribution in [0.4, 0.5) is 0 Å². The molecule has 0 saturated carbocycles. The Labute approximate surface area is 174 Å². The summed E-state index contributed by atoms with van der Waals surface area (Å²) in [5, 5.41) is 4.88. The lowest BCUT2D eigenvalue weighted by Gasteiger charge is -2.21. The van der Waals surface area contributed by atoms with E-state index in [1.165, 1.54) is 5.56 Å². The highest BCUT2D eigenvalue weighted by Gasteiger charge is 2.22. The van der Waals surface area contributed by atoms with Gasteiger partial charge in [0.25, 0.3) is 5.91 Å². The molecule has 1 aliphatic rings. The van der Waals surface area contributed by atoms with Crippen LogP contribution in [0.2, 0.25) is 0 Å². The molecule has 1 aliphatic heterocycles. The lowest BCUT2D eigenvalue weighted by molar-refractivity contribution is 0.0756. The topological polar surface area (TPSA) is 36.4 Å². The predicted octanol–water partition coefficient (Wildman–Crippen LogP) is 4.65. The minimum atomic E-state index is 0.0743. The van der Waals surface area contributed by atoms with E-state index in [1.807, 2.05) is 21.7 Å². The number of amides is 1. The number of thiazole rings is 1. The van der Waals surface area contributed by atoms with Crippen LogP contribution in [0.3, 0.4) is 0 Å². The molecular weight excluding hydrogens is 386 g/mol. The van der Waals surface area contributed by atoms with Crippen LogP contribution in [0.15, 0.2) is 53.2 Å². The minimum absolute atomic E-state index is 0.0743. The lowest BCUT2D eigenvalue weighted by Crippen LogP contribution is -2.35. The number of carbonyl (C=O) groups is 1. The largest absolute Gasteiger partial charge is 0.336 e. The maximum Gasteiger partial charge on any atom is 0.273 e. The molecule has 0 radical (unpaired) electrons. The van der Waals surface area contributed by atoms with E-state index in [9.17, 15) is 4.79 Å². The van der Waals surface area contributed by atoms with Gasteiger partial charge in [-0.05, 0) is 49.4 Å². The van der Waals surface area contributed by atoms with Crippen LogP contribution in [-0.2, 0) is 6.42 Å². The Morgan fingerprint density at radius 3 is 2.71 bits per heavy atom. The van der Waals surface area contributed by atoms with Gasteiger partial charge in [0.2, 0.25) is 0 Å². The van der Waals surface area contributed by atoms with Gasteiger partial charge in [-0.1, -0.05) is 36.4 Å². The highest BCUT2D eigenvalue weighted by molar-refractivity contribution is 7.20. The molecule has 1 amide bonds. The Kier molecular flexibility index (Phi) is 6.52. The fourth-order valence-electron chi connectivity index (χ4n) is 3.60. The van der Waals surface area contributed by atoms with Crippen molar-refractivity contribution in [2.45, 2.75) is 19.3 Å². The third-order valence-corrected chi connectivity index (χ3v) is 6.99. The van der Waals surface area contributed by atoms with Gasteiger partial charge in [0.1, 0.15) is 10.7 Å². The number of carbonyl (C=O) groups excluding carboxylic acids is 1. The number of nitrogens with zero attached hydrogens (tertiary/aromatic N) is 3. The van der Waals surface area contributed by atoms with Crippen molar-refractivity contribution in [2.24, 2.45) is 0 Å². The van der Waals surface area contributed by atoms with Crippen LogP contribution in [0.25, 0.3) is 9.88 Å². The SMILES string of the molecule is O=C(c1csc(-c2cccs2)n1)N1CCCN(CCCc2ccccc2)CC1. The molecule has 2 aromatic heterocycles. The van der Waals surface area contributed by atoms with E-state index in [0.29, 0.717) is 5.69 Å². The van der Waals surface area contributed by atoms with Crippen molar-refractivity contribution in [3.8, 4) is 9.88 Å². The normalized spacial score (nSPS) is 15.5. The van der Waals surface area contributed by atoms with Gasteiger partial charge >= 0.3 is 0 Å². The number of rotatable bonds is 6. The molecule has 6 heteroatoms. The van der Waals surface area contributed by atoms with E-state index < -0.39 is 0 Å². The van der Waals surface area contributed by atoms with Crippen LogP contribution in [-0.4, -0.2) is 53.4 Å². The summed E-state index contributed by atoms with van der Waals surface area (Å²) in [6.07, 6.45) is 3.30. The molecule has 4 nitrogen and oxygen atoms in total. The molecule has 146 valence electrons. The smallest absolute Gasteiger partial charge is 0.273 e. The summed E-state index contributed by atoms with van der Waals surface area (Å²) in [6.45, 7) is 4.71. The molecule has 4 rings (SSSR count). The predicted molar refractivity (Wildman–Crippen MR) is 117 cm³/mol. The quantitative estimate of drug-likeness (QED) is 0.592. The number of aromatic nitrogens is 1. The summed E-state index contributed by atoms with van der Waals surface area (Å²) in [6, 6.07) is 14.7. The molecule has 0 unspecified atom stereocenters. The average Bonchev–Trinajstić information content (AvgIpc) is 3.37. The molecule has 0 spiro atoms. The zero-order valence-electron chi connectivity index (χ0n) is 15.9. The fraction of sp³-hybridized carbons (Fsp3) is 0.364. The first-order valence-electron chi connectivity index (χ1n) is 9.84. The summed E-state index contributed by atoms with van der Waals surface area (Å²) in [7, 11) is 0. The van der Waals surface area contributed by atoms with Gasteiger partial charge in [-0.2, -0.15) is 0 Å². The van der Waals surface area contributed by atoms with Gasteiger partial charge < -0.3 is 9.80 Å². The number of hydrogen-bond acceptors (Lipinski definition) is 5. The first kappa shape index (κ1) is 19.3. The highest BCUT2D eigenvalue weighted by atomic mass is 32.1. The molecule has 1 aromatic carbocycles. The molecule has 3 aromatic rings. The number of hydrogen-bond donors (Lipinski definition) is 0. The fourth-order valence-corrected chi connectivity index (χ4v) is 5.20. The van der Waals surface area contributed by atoms with Crippen LogP contribution in [0.5, 0.6) is 0 Å². The van der Waals surface area contributed by atoms with Crippen LogP contribution < -0.4 is 0 Å². The van der Waals surface area contributed by atoms with Crippen molar-refractivity contribution in [1.82, 2.24) is 14.8 Å². The third kappa shape index (κ3) is 4.87. The van der Waals surface area contributed by atoms with E-state index >= 15 is 0 Å². The standard InChI is InChI=1S/C22H25N3OS2/c26-22(19-17-28-21(23-19)20-10-5-16-27-20)25-13-6-12-24(14-15-25)11-4-9-18-7-2-1-3-8-18/h1-3,5,7-8,10,16-17H,4,6,9,11-15H2. The second-order valence-corrected chi connectivity index (χ2v) is 8.90. The zero-order valence-corrected chi connectivity index (χ0v) is 17.6. The summed E-state index contributed by atoms with van der Waals surface area (Å²) >= 11 is 3.22. The average molecular weight is 412 g/mol. The Morgan fingerprint density at radius 1 is 1.00 bits per heavy atom. The Bertz CT molecular complexity index is 876. The van der Waals surface area contributed by atoms with Crippen molar-refractivity contribution >= 4 is 28.6 Å². The van der Waals surface area contributed by atoms with Crippen molar-refractivity contribution in [1.29, 1.82) is 0 Å².